The van der Waals surface area contributed by atoms with Crippen molar-refractivity contribution in [3.05, 3.63) is 70.8 Å². The van der Waals surface area contributed by atoms with Gasteiger partial charge < -0.3 is 0 Å². The number of hydrogen-bond donors (Lipinski definition) is 0. The van der Waals surface area contributed by atoms with Crippen LogP contribution in [0.3, 0.4) is 0 Å². The Bertz CT molecular complexity index is 501. The molecule has 0 aliphatic carbocycles. The zero-order valence-corrected chi connectivity index (χ0v) is 16.8. The molecule has 0 fully saturated rings. The molecule has 0 aliphatic heterocycles. The molecule has 0 aromatic heterocycles. The van der Waals surface area contributed by atoms with Crippen molar-refractivity contribution in [1.29, 1.82) is 0 Å². The molecule has 2 rings (SSSR count). The molecule has 0 spiro atoms. The first-order valence-corrected chi connectivity index (χ1v) is 8.01. The minimum atomic E-state index is -2.35. The fourth-order valence-corrected chi connectivity index (χ4v) is 1.35. The lowest BCUT2D eigenvalue weighted by Crippen LogP contribution is -1.82. The van der Waals surface area contributed by atoms with Gasteiger partial charge >= 0.3 is 0 Å². The molecule has 176 valence electrons. The van der Waals surface area contributed by atoms with Crippen molar-refractivity contribution in [2.24, 2.45) is 0 Å². The molecule has 0 saturated heterocycles. The second-order valence-electron chi connectivity index (χ2n) is 4.77. The van der Waals surface area contributed by atoms with Crippen molar-refractivity contribution < 1.29 is 43.9 Å². The minimum Gasteiger partial charge on any atom is -0.214 e. The van der Waals surface area contributed by atoms with Gasteiger partial charge in [0.05, 0.1) is 0 Å². The highest BCUT2D eigenvalue weighted by molar-refractivity contribution is 5.22. The van der Waals surface area contributed by atoms with Gasteiger partial charge in [-0.2, -0.15) is 0 Å². The first-order valence-electron chi connectivity index (χ1n) is 8.01. The van der Waals surface area contributed by atoms with Crippen LogP contribution in [0.2, 0.25) is 0 Å². The van der Waals surface area contributed by atoms with Gasteiger partial charge in [-0.05, 0) is 20.8 Å². The summed E-state index contributed by atoms with van der Waals surface area (Å²) in [7, 11) is 0. The van der Waals surface area contributed by atoms with Crippen LogP contribution in [0.25, 0.3) is 0 Å². The first kappa shape index (κ1) is 35.2. The lowest BCUT2D eigenvalue weighted by atomic mass is 10.2. The summed E-state index contributed by atoms with van der Waals surface area (Å²) in [5, 5.41) is 0. The van der Waals surface area contributed by atoms with Crippen LogP contribution in [0.5, 0.6) is 0 Å². The number of rotatable bonds is 1. The minimum absolute atomic E-state index is 0.0885. The van der Waals surface area contributed by atoms with Crippen LogP contribution < -0.4 is 0 Å². The Hall–Kier alpha value is -2.26. The molecule has 0 nitrogen and oxygen atoms in total. The van der Waals surface area contributed by atoms with Crippen molar-refractivity contribution in [2.75, 3.05) is 27.7 Å². The molecule has 2 aromatic carbocycles. The maximum Gasteiger partial charge on any atom is 0.263 e. The Balaban J connectivity index is -0.000000151. The molecule has 0 amide bonds. The summed E-state index contributed by atoms with van der Waals surface area (Å²) in [6.45, 7) is -0.936. The number of aryl methyl sites for hydroxylation is 3. The van der Waals surface area contributed by atoms with Crippen molar-refractivity contribution in [3.8, 4) is 0 Å². The van der Waals surface area contributed by atoms with E-state index in [2.05, 4.69) is 38.1 Å². The topological polar surface area (TPSA) is 0 Å². The summed E-state index contributed by atoms with van der Waals surface area (Å²) in [6.07, 6.45) is -2.35. The summed E-state index contributed by atoms with van der Waals surface area (Å²) in [5.41, 5.74) is 3.75. The van der Waals surface area contributed by atoms with Gasteiger partial charge in [-0.1, -0.05) is 65.2 Å². The van der Waals surface area contributed by atoms with Crippen molar-refractivity contribution in [1.82, 2.24) is 0 Å². The zero-order chi connectivity index (χ0) is 24.4. The fourth-order valence-electron chi connectivity index (χ4n) is 1.35. The molecule has 0 N–H and O–H groups in total. The second kappa shape index (κ2) is 28.9. The van der Waals surface area contributed by atoms with E-state index in [0.29, 0.717) is 0 Å². The maximum absolute atomic E-state index is 11.9. The summed E-state index contributed by atoms with van der Waals surface area (Å²) in [4.78, 5) is 0. The number of halogens is 10. The van der Waals surface area contributed by atoms with E-state index in [1.165, 1.54) is 23.3 Å². The van der Waals surface area contributed by atoms with Gasteiger partial charge in [-0.15, -0.1) is 0 Å². The van der Waals surface area contributed by atoms with Crippen LogP contribution >= 0.6 is 0 Å². The summed E-state index contributed by atoms with van der Waals surface area (Å²) >= 11 is 0. The van der Waals surface area contributed by atoms with E-state index < -0.39 is 34.1 Å². The molecular weight excluding hydrogens is 430 g/mol. The van der Waals surface area contributed by atoms with E-state index in [9.17, 15) is 43.9 Å². The van der Waals surface area contributed by atoms with E-state index >= 15 is 0 Å². The standard InChI is InChI=1S/C8H8F2.C8H10.4CH2F2/c1-6-2-4-7(5-3-6)8(9)10;1-7-3-5-8(2)6-4-7;4*2-1-3/h2-5,8H,1H3;3-6H,1-2H3;4*1H2. The normalized spacial score (nSPS) is 8.33. The lowest BCUT2D eigenvalue weighted by Gasteiger charge is -1.97. The molecule has 30 heavy (non-hydrogen) atoms. The van der Waals surface area contributed by atoms with Gasteiger partial charge in [-0.25, -0.2) is 43.9 Å². The van der Waals surface area contributed by atoms with Crippen molar-refractivity contribution in [3.63, 3.8) is 0 Å². The maximum atomic E-state index is 11.9. The predicted molar refractivity (Wildman–Crippen MR) is 100 cm³/mol. The predicted octanol–water partition coefficient (Wildman–Crippen LogP) is 8.77. The molecule has 0 unspecified atom stereocenters. The van der Waals surface area contributed by atoms with Gasteiger partial charge in [0.2, 0.25) is 27.7 Å². The molecule has 2 aromatic rings. The Morgan fingerprint density at radius 3 is 0.800 bits per heavy atom. The average Bonchev–Trinajstić information content (AvgIpc) is 2.68. The quantitative estimate of drug-likeness (QED) is 0.376. The summed E-state index contributed by atoms with van der Waals surface area (Å²) in [5.74, 6) is 0. The van der Waals surface area contributed by atoms with Crippen molar-refractivity contribution in [2.45, 2.75) is 27.2 Å². The highest BCUT2D eigenvalue weighted by Gasteiger charge is 2.03. The summed E-state index contributed by atoms with van der Waals surface area (Å²) < 4.78 is 101. The lowest BCUT2D eigenvalue weighted by molar-refractivity contribution is 0.151. The van der Waals surface area contributed by atoms with Crippen molar-refractivity contribution >= 4 is 0 Å². The fraction of sp³-hybridized carbons (Fsp3) is 0.400. The van der Waals surface area contributed by atoms with Crippen LogP contribution in [-0.4, -0.2) is 27.7 Å². The third-order valence-electron chi connectivity index (χ3n) is 2.55. The SMILES string of the molecule is Cc1ccc(C(F)F)cc1.Cc1ccc(C)cc1.FCF.FCF.FCF.FCF. The molecule has 10 heteroatoms. The van der Waals surface area contributed by atoms with E-state index in [4.69, 9.17) is 0 Å². The average molecular weight is 456 g/mol. The molecule has 0 heterocycles. The first-order chi connectivity index (χ1) is 14.1. The Morgan fingerprint density at radius 2 is 0.633 bits per heavy atom. The van der Waals surface area contributed by atoms with E-state index in [-0.39, 0.29) is 5.56 Å². The largest absolute Gasteiger partial charge is 0.263 e. The van der Waals surface area contributed by atoms with Gasteiger partial charge in [0.25, 0.3) is 6.43 Å². The van der Waals surface area contributed by atoms with E-state index in [1.807, 2.05) is 6.92 Å². The Kier molecular flexibility index (Phi) is 34.0. The molecule has 0 aliphatic rings. The van der Waals surface area contributed by atoms with Gasteiger partial charge in [0, 0.05) is 5.56 Å². The van der Waals surface area contributed by atoms with Crippen LogP contribution in [0, 0.1) is 20.8 Å². The number of hydrogen-bond acceptors (Lipinski definition) is 0. The number of alkyl halides is 10. The van der Waals surface area contributed by atoms with Gasteiger partial charge in [0.15, 0.2) is 0 Å². The smallest absolute Gasteiger partial charge is 0.214 e. The van der Waals surface area contributed by atoms with Gasteiger partial charge in [-0.3, -0.25) is 0 Å². The Morgan fingerprint density at radius 1 is 0.467 bits per heavy atom. The van der Waals surface area contributed by atoms with Crippen LogP contribution in [0.4, 0.5) is 43.9 Å². The molecule has 0 atom stereocenters. The van der Waals surface area contributed by atoms with Crippen LogP contribution in [0.1, 0.15) is 28.7 Å². The third-order valence-corrected chi connectivity index (χ3v) is 2.55. The molecule has 0 bridgehead atoms. The second-order valence-corrected chi connectivity index (χ2v) is 4.77. The van der Waals surface area contributed by atoms with Crippen LogP contribution in [-0.2, 0) is 0 Å². The van der Waals surface area contributed by atoms with E-state index in [1.54, 1.807) is 12.1 Å². The van der Waals surface area contributed by atoms with Crippen LogP contribution in [0.15, 0.2) is 48.5 Å². The Labute approximate surface area is 170 Å². The molecule has 0 radical (unpaired) electrons. The van der Waals surface area contributed by atoms with E-state index in [0.717, 1.165) is 5.56 Å². The highest BCUT2D eigenvalue weighted by Crippen LogP contribution is 2.18. The monoisotopic (exact) mass is 456 g/mol. The molecule has 0 saturated carbocycles. The zero-order valence-electron chi connectivity index (χ0n) is 16.8. The van der Waals surface area contributed by atoms with Gasteiger partial charge in [0.1, 0.15) is 0 Å². The highest BCUT2D eigenvalue weighted by atomic mass is 19.3. The third kappa shape index (κ3) is 33.3. The number of benzene rings is 2. The molecular formula is C20H26F10. The summed E-state index contributed by atoms with van der Waals surface area (Å²) in [6, 6.07) is 14.7.